The summed E-state index contributed by atoms with van der Waals surface area (Å²) < 4.78 is 11.0. The van der Waals surface area contributed by atoms with Crippen molar-refractivity contribution in [2.45, 2.75) is 45.7 Å². The third-order valence-corrected chi connectivity index (χ3v) is 3.54. The Morgan fingerprint density at radius 3 is 2.70 bits per heavy atom. The van der Waals surface area contributed by atoms with E-state index in [0.29, 0.717) is 11.9 Å². The Morgan fingerprint density at radius 2 is 2.05 bits per heavy atom. The van der Waals surface area contributed by atoms with Gasteiger partial charge in [-0.2, -0.15) is 4.98 Å². The van der Waals surface area contributed by atoms with Gasteiger partial charge in [0.15, 0.2) is 0 Å². The van der Waals surface area contributed by atoms with E-state index in [0.717, 1.165) is 44.8 Å². The minimum absolute atomic E-state index is 0.0904. The van der Waals surface area contributed by atoms with Crippen LogP contribution in [0.25, 0.3) is 0 Å². The van der Waals surface area contributed by atoms with Crippen molar-refractivity contribution in [3.63, 3.8) is 0 Å². The summed E-state index contributed by atoms with van der Waals surface area (Å²) in [6, 6.07) is 0.710. The lowest BCUT2D eigenvalue weighted by Crippen LogP contribution is -2.35. The number of rotatable bonds is 5. The monoisotopic (exact) mass is 281 g/mol. The minimum Gasteiger partial charge on any atom is -0.432 e. The van der Waals surface area contributed by atoms with E-state index in [2.05, 4.69) is 36.0 Å². The van der Waals surface area contributed by atoms with Crippen LogP contribution in [0.5, 0.6) is 0 Å². The molecule has 1 aromatic rings. The summed E-state index contributed by atoms with van der Waals surface area (Å²) in [5, 5.41) is 3.41. The lowest BCUT2D eigenvalue weighted by Gasteiger charge is -2.26. The van der Waals surface area contributed by atoms with Crippen molar-refractivity contribution in [1.29, 1.82) is 0 Å². The van der Waals surface area contributed by atoms with Crippen molar-refractivity contribution in [3.8, 4) is 0 Å². The van der Waals surface area contributed by atoms with Crippen molar-refractivity contribution < 1.29 is 9.15 Å². The Kier molecular flexibility index (Phi) is 5.05. The van der Waals surface area contributed by atoms with Crippen LogP contribution in [-0.4, -0.2) is 37.3 Å². The van der Waals surface area contributed by atoms with E-state index < -0.39 is 0 Å². The second-order valence-electron chi connectivity index (χ2n) is 6.66. The first kappa shape index (κ1) is 15.3. The number of ether oxygens (including phenoxy) is 1. The number of hydrogen-bond donors (Lipinski definition) is 1. The van der Waals surface area contributed by atoms with Crippen molar-refractivity contribution in [1.82, 2.24) is 10.3 Å². The molecule has 0 radical (unpaired) electrons. The first-order valence-corrected chi connectivity index (χ1v) is 7.42. The maximum atomic E-state index is 5.58. The molecule has 0 aliphatic carbocycles. The van der Waals surface area contributed by atoms with Crippen LogP contribution < -0.4 is 10.2 Å². The highest BCUT2D eigenvalue weighted by Crippen LogP contribution is 2.19. The van der Waals surface area contributed by atoms with Crippen LogP contribution >= 0.6 is 0 Å². The van der Waals surface area contributed by atoms with Gasteiger partial charge in [-0.05, 0) is 39.5 Å². The molecule has 2 rings (SSSR count). The quantitative estimate of drug-likeness (QED) is 0.898. The third kappa shape index (κ3) is 4.80. The largest absolute Gasteiger partial charge is 0.432 e. The summed E-state index contributed by atoms with van der Waals surface area (Å²) in [5.41, 5.74) is 1.04. The number of aromatic nitrogens is 1. The second kappa shape index (κ2) is 6.59. The van der Waals surface area contributed by atoms with Crippen LogP contribution in [0, 0.1) is 5.92 Å². The molecule has 1 aromatic heterocycles. The maximum Gasteiger partial charge on any atom is 0.297 e. The molecule has 0 unspecified atom stereocenters. The Balaban J connectivity index is 1.84. The lowest BCUT2D eigenvalue weighted by molar-refractivity contribution is 0.0682. The van der Waals surface area contributed by atoms with Gasteiger partial charge in [-0.1, -0.05) is 0 Å². The molecule has 0 atom stereocenters. The van der Waals surface area contributed by atoms with Gasteiger partial charge in [0.25, 0.3) is 6.01 Å². The molecule has 0 aromatic carbocycles. The fourth-order valence-corrected chi connectivity index (χ4v) is 2.30. The smallest absolute Gasteiger partial charge is 0.297 e. The van der Waals surface area contributed by atoms with E-state index in [9.17, 15) is 0 Å². The molecular formula is C15H27N3O2. The third-order valence-electron chi connectivity index (χ3n) is 3.54. The molecule has 0 amide bonds. The van der Waals surface area contributed by atoms with E-state index in [1.54, 1.807) is 6.26 Å². The topological polar surface area (TPSA) is 50.5 Å². The van der Waals surface area contributed by atoms with E-state index in [1.165, 1.54) is 0 Å². The van der Waals surface area contributed by atoms with Gasteiger partial charge in [0.05, 0.1) is 5.69 Å². The van der Waals surface area contributed by atoms with E-state index in [1.807, 2.05) is 7.05 Å². The van der Waals surface area contributed by atoms with Gasteiger partial charge in [-0.25, -0.2) is 0 Å². The standard InChI is InChI=1S/C15H27N3O2/c1-15(2,3)16-9-13-11-20-14(17-13)18(4)10-12-5-7-19-8-6-12/h11-12,16H,5-10H2,1-4H3. The van der Waals surface area contributed by atoms with Crippen LogP contribution in [-0.2, 0) is 11.3 Å². The number of nitrogens with zero attached hydrogens (tertiary/aromatic N) is 2. The number of anilines is 1. The van der Waals surface area contributed by atoms with Crippen molar-refractivity contribution in [3.05, 3.63) is 12.0 Å². The molecule has 1 saturated heterocycles. The molecule has 1 N–H and O–H groups in total. The molecule has 5 heteroatoms. The Labute approximate surface area is 121 Å². The lowest BCUT2D eigenvalue weighted by atomic mass is 10.0. The van der Waals surface area contributed by atoms with Crippen LogP contribution in [0.3, 0.4) is 0 Å². The molecule has 2 heterocycles. The van der Waals surface area contributed by atoms with Gasteiger partial charge in [0.2, 0.25) is 0 Å². The summed E-state index contributed by atoms with van der Waals surface area (Å²) in [4.78, 5) is 6.65. The minimum atomic E-state index is 0.0904. The molecule has 1 fully saturated rings. The molecule has 0 saturated carbocycles. The average Bonchev–Trinajstić information content (AvgIpc) is 2.86. The highest BCUT2D eigenvalue weighted by Gasteiger charge is 2.18. The van der Waals surface area contributed by atoms with Crippen molar-refractivity contribution in [2.24, 2.45) is 5.92 Å². The Hall–Kier alpha value is -1.07. The second-order valence-corrected chi connectivity index (χ2v) is 6.66. The first-order valence-electron chi connectivity index (χ1n) is 7.42. The predicted molar refractivity (Wildman–Crippen MR) is 79.9 cm³/mol. The van der Waals surface area contributed by atoms with E-state index in [-0.39, 0.29) is 5.54 Å². The van der Waals surface area contributed by atoms with Crippen LogP contribution in [0.2, 0.25) is 0 Å². The Morgan fingerprint density at radius 1 is 1.35 bits per heavy atom. The molecular weight excluding hydrogens is 254 g/mol. The fourth-order valence-electron chi connectivity index (χ4n) is 2.30. The Bertz CT molecular complexity index is 405. The normalized spacial score (nSPS) is 17.4. The molecule has 20 heavy (non-hydrogen) atoms. The highest BCUT2D eigenvalue weighted by molar-refractivity contribution is 5.25. The van der Waals surface area contributed by atoms with Crippen LogP contribution in [0.4, 0.5) is 6.01 Å². The van der Waals surface area contributed by atoms with E-state index in [4.69, 9.17) is 9.15 Å². The molecule has 114 valence electrons. The zero-order valence-electron chi connectivity index (χ0n) is 13.1. The van der Waals surface area contributed by atoms with Gasteiger partial charge in [0, 0.05) is 38.9 Å². The van der Waals surface area contributed by atoms with Gasteiger partial charge in [-0.3, -0.25) is 0 Å². The molecule has 0 spiro atoms. The van der Waals surface area contributed by atoms with Crippen LogP contribution in [0.1, 0.15) is 39.3 Å². The average molecular weight is 281 g/mol. The number of nitrogens with one attached hydrogen (secondary N) is 1. The molecule has 0 bridgehead atoms. The maximum absolute atomic E-state index is 5.58. The summed E-state index contributed by atoms with van der Waals surface area (Å²) in [6.07, 6.45) is 4.00. The molecule has 5 nitrogen and oxygen atoms in total. The van der Waals surface area contributed by atoms with Crippen LogP contribution in [0.15, 0.2) is 10.7 Å². The number of oxazole rings is 1. The number of hydrogen-bond acceptors (Lipinski definition) is 5. The summed E-state index contributed by atoms with van der Waals surface area (Å²) >= 11 is 0. The molecule has 1 aliphatic heterocycles. The SMILES string of the molecule is CN(CC1CCOCC1)c1nc(CNC(C)(C)C)co1. The summed E-state index contributed by atoms with van der Waals surface area (Å²) in [7, 11) is 2.04. The predicted octanol–water partition coefficient (Wildman–Crippen LogP) is 2.43. The summed E-state index contributed by atoms with van der Waals surface area (Å²) in [6.45, 7) is 9.91. The first-order chi connectivity index (χ1) is 9.44. The summed E-state index contributed by atoms with van der Waals surface area (Å²) in [5.74, 6) is 0.678. The highest BCUT2D eigenvalue weighted by atomic mass is 16.5. The molecule has 1 aliphatic rings. The van der Waals surface area contributed by atoms with Gasteiger partial charge in [-0.15, -0.1) is 0 Å². The van der Waals surface area contributed by atoms with Gasteiger partial charge >= 0.3 is 0 Å². The zero-order valence-corrected chi connectivity index (χ0v) is 13.1. The van der Waals surface area contributed by atoms with Crippen molar-refractivity contribution >= 4 is 6.01 Å². The van der Waals surface area contributed by atoms with Gasteiger partial charge < -0.3 is 19.4 Å². The fraction of sp³-hybridized carbons (Fsp3) is 0.800. The zero-order chi connectivity index (χ0) is 14.6. The van der Waals surface area contributed by atoms with E-state index >= 15 is 0 Å². The van der Waals surface area contributed by atoms with Crippen molar-refractivity contribution in [2.75, 3.05) is 31.7 Å². The van der Waals surface area contributed by atoms with Gasteiger partial charge in [0.1, 0.15) is 6.26 Å².